The summed E-state index contributed by atoms with van der Waals surface area (Å²) in [4.78, 5) is 1.95. The predicted molar refractivity (Wildman–Crippen MR) is 68.4 cm³/mol. The molecule has 1 aliphatic heterocycles. The smallest absolute Gasteiger partial charge is 0.384 e. The molecule has 1 atom stereocenters. The lowest BCUT2D eigenvalue weighted by Gasteiger charge is -2.21. The minimum Gasteiger partial charge on any atom is -0.384 e. The Bertz CT molecular complexity index is 522. The van der Waals surface area contributed by atoms with Gasteiger partial charge < -0.3 is 9.64 Å². The Hall–Kier alpha value is -1.74. The van der Waals surface area contributed by atoms with Gasteiger partial charge in [0.15, 0.2) is 0 Å². The number of ether oxygens (including phenoxy) is 1. The Kier molecular flexibility index (Phi) is 4.19. The van der Waals surface area contributed by atoms with Gasteiger partial charge in [0.05, 0.1) is 23.4 Å². The van der Waals surface area contributed by atoms with E-state index in [2.05, 4.69) is 0 Å². The molecule has 108 valence electrons. The standard InChI is InChI=1S/C14H15F3N2O/c1-20-9-10-4-5-19(8-10)13-3-2-12(14(15,16)17)6-11(13)7-18/h2-3,6,10H,4-5,8-9H2,1H3. The molecular formula is C14H15F3N2O. The molecule has 0 aromatic heterocycles. The first-order valence-corrected chi connectivity index (χ1v) is 6.31. The van der Waals surface area contributed by atoms with Crippen LogP contribution in [-0.4, -0.2) is 26.8 Å². The average Bonchev–Trinajstić information content (AvgIpc) is 2.86. The van der Waals surface area contributed by atoms with Crippen molar-refractivity contribution in [1.82, 2.24) is 0 Å². The van der Waals surface area contributed by atoms with Crippen molar-refractivity contribution in [3.05, 3.63) is 29.3 Å². The molecule has 0 spiro atoms. The van der Waals surface area contributed by atoms with Crippen molar-refractivity contribution in [2.75, 3.05) is 31.7 Å². The molecule has 1 heterocycles. The number of hydrogen-bond donors (Lipinski definition) is 0. The second-order valence-electron chi connectivity index (χ2n) is 4.90. The molecule has 6 heteroatoms. The molecule has 0 aliphatic carbocycles. The number of methoxy groups -OCH3 is 1. The van der Waals surface area contributed by atoms with Crippen LogP contribution in [-0.2, 0) is 10.9 Å². The summed E-state index contributed by atoms with van der Waals surface area (Å²) >= 11 is 0. The number of anilines is 1. The Morgan fingerprint density at radius 1 is 1.45 bits per heavy atom. The van der Waals surface area contributed by atoms with Crippen molar-refractivity contribution >= 4 is 5.69 Å². The van der Waals surface area contributed by atoms with Gasteiger partial charge in [0.2, 0.25) is 0 Å². The van der Waals surface area contributed by atoms with Gasteiger partial charge in [-0.15, -0.1) is 0 Å². The van der Waals surface area contributed by atoms with Crippen LogP contribution in [0, 0.1) is 17.2 Å². The van der Waals surface area contributed by atoms with E-state index in [1.54, 1.807) is 7.11 Å². The fraction of sp³-hybridized carbons (Fsp3) is 0.500. The Morgan fingerprint density at radius 2 is 2.20 bits per heavy atom. The maximum Gasteiger partial charge on any atom is 0.416 e. The number of benzene rings is 1. The van der Waals surface area contributed by atoms with E-state index in [1.165, 1.54) is 6.07 Å². The van der Waals surface area contributed by atoms with Crippen LogP contribution in [0.2, 0.25) is 0 Å². The van der Waals surface area contributed by atoms with Crippen molar-refractivity contribution in [2.45, 2.75) is 12.6 Å². The number of nitriles is 1. The molecule has 0 radical (unpaired) electrons. The lowest BCUT2D eigenvalue weighted by Crippen LogP contribution is -2.22. The van der Waals surface area contributed by atoms with Gasteiger partial charge >= 0.3 is 6.18 Å². The summed E-state index contributed by atoms with van der Waals surface area (Å²) in [6, 6.07) is 5.19. The largest absolute Gasteiger partial charge is 0.416 e. The third kappa shape index (κ3) is 3.05. The summed E-state index contributed by atoms with van der Waals surface area (Å²) < 4.78 is 43.0. The van der Waals surface area contributed by atoms with Gasteiger partial charge in [0, 0.05) is 26.1 Å². The molecular weight excluding hydrogens is 269 g/mol. The summed E-state index contributed by atoms with van der Waals surface area (Å²) in [7, 11) is 1.63. The highest BCUT2D eigenvalue weighted by atomic mass is 19.4. The number of hydrogen-bond acceptors (Lipinski definition) is 3. The highest BCUT2D eigenvalue weighted by Gasteiger charge is 2.32. The second kappa shape index (κ2) is 5.71. The van der Waals surface area contributed by atoms with Crippen molar-refractivity contribution < 1.29 is 17.9 Å². The fourth-order valence-corrected chi connectivity index (χ4v) is 2.50. The van der Waals surface area contributed by atoms with Crippen molar-refractivity contribution in [3.63, 3.8) is 0 Å². The first-order chi connectivity index (χ1) is 9.45. The molecule has 0 amide bonds. The minimum atomic E-state index is -4.42. The Morgan fingerprint density at radius 3 is 2.80 bits per heavy atom. The molecule has 0 saturated carbocycles. The summed E-state index contributed by atoms with van der Waals surface area (Å²) in [5.74, 6) is 0.355. The fourth-order valence-electron chi connectivity index (χ4n) is 2.50. The molecule has 1 unspecified atom stereocenters. The molecule has 0 N–H and O–H groups in total. The highest BCUT2D eigenvalue weighted by Crippen LogP contribution is 2.34. The molecule has 1 fully saturated rings. The van der Waals surface area contributed by atoms with Gasteiger partial charge in [-0.2, -0.15) is 18.4 Å². The van der Waals surface area contributed by atoms with Crippen LogP contribution in [0.4, 0.5) is 18.9 Å². The first-order valence-electron chi connectivity index (χ1n) is 6.31. The molecule has 1 aliphatic rings. The predicted octanol–water partition coefficient (Wildman–Crippen LogP) is 3.05. The molecule has 0 bridgehead atoms. The zero-order valence-corrected chi connectivity index (χ0v) is 11.1. The highest BCUT2D eigenvalue weighted by molar-refractivity contribution is 5.61. The van der Waals surface area contributed by atoms with Crippen LogP contribution >= 0.6 is 0 Å². The summed E-state index contributed by atoms with van der Waals surface area (Å²) in [5, 5.41) is 9.07. The van der Waals surface area contributed by atoms with Crippen LogP contribution in [0.5, 0.6) is 0 Å². The number of alkyl halides is 3. The maximum atomic E-state index is 12.6. The van der Waals surface area contributed by atoms with Gasteiger partial charge in [-0.25, -0.2) is 0 Å². The maximum absolute atomic E-state index is 12.6. The van der Waals surface area contributed by atoms with E-state index >= 15 is 0 Å². The van der Waals surface area contributed by atoms with E-state index in [0.717, 1.165) is 25.1 Å². The van der Waals surface area contributed by atoms with Gasteiger partial charge in [-0.05, 0) is 24.6 Å². The van der Waals surface area contributed by atoms with E-state index < -0.39 is 11.7 Å². The van der Waals surface area contributed by atoms with Crippen LogP contribution in [0.3, 0.4) is 0 Å². The lowest BCUT2D eigenvalue weighted by atomic mass is 10.1. The summed E-state index contributed by atoms with van der Waals surface area (Å²) in [5.41, 5.74) is -0.151. The molecule has 1 saturated heterocycles. The quantitative estimate of drug-likeness (QED) is 0.856. The third-order valence-corrected chi connectivity index (χ3v) is 3.47. The van der Waals surface area contributed by atoms with Crippen LogP contribution in [0.15, 0.2) is 18.2 Å². The molecule has 20 heavy (non-hydrogen) atoms. The summed E-state index contributed by atoms with van der Waals surface area (Å²) in [6.45, 7) is 2.06. The zero-order valence-electron chi connectivity index (χ0n) is 11.1. The number of rotatable bonds is 3. The molecule has 2 rings (SSSR count). The lowest BCUT2D eigenvalue weighted by molar-refractivity contribution is -0.137. The monoisotopic (exact) mass is 284 g/mol. The molecule has 1 aromatic carbocycles. The van der Waals surface area contributed by atoms with Crippen LogP contribution < -0.4 is 4.90 Å². The van der Waals surface area contributed by atoms with Gasteiger partial charge in [-0.1, -0.05) is 0 Å². The van der Waals surface area contributed by atoms with Gasteiger partial charge in [0.1, 0.15) is 6.07 Å². The van der Waals surface area contributed by atoms with Crippen LogP contribution in [0.25, 0.3) is 0 Å². The first kappa shape index (κ1) is 14.7. The van der Waals surface area contributed by atoms with E-state index in [-0.39, 0.29) is 5.56 Å². The van der Waals surface area contributed by atoms with E-state index in [9.17, 15) is 13.2 Å². The van der Waals surface area contributed by atoms with E-state index in [1.807, 2.05) is 11.0 Å². The second-order valence-corrected chi connectivity index (χ2v) is 4.90. The van der Waals surface area contributed by atoms with Crippen molar-refractivity contribution in [3.8, 4) is 6.07 Å². The van der Waals surface area contributed by atoms with Crippen molar-refractivity contribution in [1.29, 1.82) is 5.26 Å². The zero-order chi connectivity index (χ0) is 14.8. The molecule has 1 aromatic rings. The minimum absolute atomic E-state index is 0.0675. The normalized spacial score (nSPS) is 19.1. The van der Waals surface area contributed by atoms with Gasteiger partial charge in [-0.3, -0.25) is 0 Å². The number of nitrogens with zero attached hydrogens (tertiary/aromatic N) is 2. The van der Waals surface area contributed by atoms with E-state index in [4.69, 9.17) is 10.00 Å². The summed E-state index contributed by atoms with van der Waals surface area (Å²) in [6.07, 6.45) is -3.51. The van der Waals surface area contributed by atoms with Crippen molar-refractivity contribution in [2.24, 2.45) is 5.92 Å². The molecule has 3 nitrogen and oxygen atoms in total. The third-order valence-electron chi connectivity index (χ3n) is 3.47. The Labute approximate surface area is 115 Å². The number of halogens is 3. The van der Waals surface area contributed by atoms with Gasteiger partial charge in [0.25, 0.3) is 0 Å². The van der Waals surface area contributed by atoms with Crippen LogP contribution in [0.1, 0.15) is 17.5 Å². The topological polar surface area (TPSA) is 36.3 Å². The SMILES string of the molecule is COCC1CCN(c2ccc(C(F)(F)F)cc2C#N)C1. The average molecular weight is 284 g/mol. The Balaban J connectivity index is 2.23. The van der Waals surface area contributed by atoms with E-state index in [0.29, 0.717) is 24.8 Å².